The quantitative estimate of drug-likeness (QED) is 0.0119. The van der Waals surface area contributed by atoms with Crippen LogP contribution in [0, 0.1) is 47.4 Å². The molecule has 0 aliphatic carbocycles. The molecule has 0 amide bonds. The van der Waals surface area contributed by atoms with Crippen molar-refractivity contribution >= 4 is 0 Å². The summed E-state index contributed by atoms with van der Waals surface area (Å²) in [6.45, 7) is 10.5. The Morgan fingerprint density at radius 1 is 0.246 bits per heavy atom. The average molecular weight is 1970 g/mol. The van der Waals surface area contributed by atoms with Crippen molar-refractivity contribution in [2.75, 3.05) is 187 Å². The van der Waals surface area contributed by atoms with Crippen LogP contribution in [0.25, 0.3) is 0 Å². The van der Waals surface area contributed by atoms with Crippen LogP contribution in [0.2, 0.25) is 0 Å². The second-order valence-electron chi connectivity index (χ2n) is 33.5. The fourth-order valence-corrected chi connectivity index (χ4v) is 17.9. The van der Waals surface area contributed by atoms with E-state index in [0.29, 0.717) is 182 Å². The van der Waals surface area contributed by atoms with Crippen molar-refractivity contribution in [2.24, 2.45) is 0 Å². The second-order valence-corrected chi connectivity index (χ2v) is 33.5. The van der Waals surface area contributed by atoms with Crippen LogP contribution in [-0.4, -0.2) is 245 Å². The normalized spacial score (nSPS) is 22.4. The van der Waals surface area contributed by atoms with Gasteiger partial charge in [-0.1, -0.05) is 181 Å². The van der Waals surface area contributed by atoms with E-state index in [-0.39, 0.29) is 123 Å². The Hall–Kier alpha value is -10.7. The van der Waals surface area contributed by atoms with Gasteiger partial charge < -0.3 is 117 Å². The number of fused-ring (bicyclic) bond motifs is 16. The first kappa shape index (κ1) is 103. The average Bonchev–Trinajstić information content (AvgIpc) is 1.62. The van der Waals surface area contributed by atoms with Crippen LogP contribution in [0.3, 0.4) is 0 Å². The van der Waals surface area contributed by atoms with E-state index in [1.54, 1.807) is 53.2 Å². The maximum atomic E-state index is 6.47. The largest absolute Gasteiger partial charge is 2.00 e. The van der Waals surface area contributed by atoms with Gasteiger partial charge in [0.15, 0.2) is 0 Å². The third kappa shape index (κ3) is 29.0. The predicted molar refractivity (Wildman–Crippen MR) is 516 cm³/mol. The number of aromatic nitrogens is 6. The molecule has 710 valence electrons. The van der Waals surface area contributed by atoms with E-state index < -0.39 is 11.8 Å². The Balaban J connectivity index is 0.00000760. The van der Waals surface area contributed by atoms with Crippen LogP contribution in [0.15, 0.2) is 243 Å². The van der Waals surface area contributed by atoms with Gasteiger partial charge in [0.1, 0.15) is 49.4 Å². The van der Waals surface area contributed by atoms with Gasteiger partial charge in [-0.25, -0.2) is 0 Å². The maximum Gasteiger partial charge on any atom is 2.00 e. The zero-order valence-corrected chi connectivity index (χ0v) is 84.9. The van der Waals surface area contributed by atoms with E-state index in [9.17, 15) is 0 Å². The molecule has 10 aromatic rings. The van der Waals surface area contributed by atoms with Gasteiger partial charge in [0.2, 0.25) is 0 Å². The van der Waals surface area contributed by atoms with E-state index in [1.807, 2.05) is 72.8 Å². The van der Waals surface area contributed by atoms with Gasteiger partial charge in [-0.2, -0.15) is 22.8 Å². The minimum Gasteiger partial charge on any atom is -0.663 e. The summed E-state index contributed by atoms with van der Waals surface area (Å²) in [7, 11) is 6.63. The Morgan fingerprint density at radius 2 is 0.464 bits per heavy atom. The van der Waals surface area contributed by atoms with Crippen molar-refractivity contribution < 1.29 is 115 Å². The van der Waals surface area contributed by atoms with E-state index in [4.69, 9.17) is 95.7 Å². The summed E-state index contributed by atoms with van der Waals surface area (Å²) in [6.07, 6.45) is 25.0. The summed E-state index contributed by atoms with van der Waals surface area (Å²) in [5.41, 5.74) is 12.3. The van der Waals surface area contributed by atoms with Crippen LogP contribution in [0.4, 0.5) is 0 Å². The van der Waals surface area contributed by atoms with Crippen molar-refractivity contribution in [3.63, 3.8) is 0 Å². The van der Waals surface area contributed by atoms with E-state index >= 15 is 0 Å². The first-order valence-corrected chi connectivity index (χ1v) is 47.0. The minimum atomic E-state index is -0.541. The number of benzene rings is 4. The number of methoxy groups -OCH3 is 4. The Labute approximate surface area is 835 Å². The summed E-state index contributed by atoms with van der Waals surface area (Å²) in [5.74, 6) is 28.7. The molecule has 0 saturated carbocycles. The van der Waals surface area contributed by atoms with Gasteiger partial charge in [-0.05, 0) is 107 Å². The molecule has 6 aliphatic heterocycles. The number of nitrogens with zero attached hydrogens (tertiary/aromatic N) is 6. The van der Waals surface area contributed by atoms with Gasteiger partial charge in [0, 0.05) is 160 Å². The Kier molecular flexibility index (Phi) is 41.4. The summed E-state index contributed by atoms with van der Waals surface area (Å²) >= 11 is 0. The molecule has 0 spiro atoms. The molecule has 0 saturated heterocycles. The van der Waals surface area contributed by atoms with Gasteiger partial charge in [0.25, 0.3) is 0 Å². The monoisotopic (exact) mass is 1960 g/mol. The smallest absolute Gasteiger partial charge is 0.663 e. The van der Waals surface area contributed by atoms with Gasteiger partial charge in [-0.15, -0.1) is 22.8 Å². The summed E-state index contributed by atoms with van der Waals surface area (Å²) in [4.78, 5) is 31.5. The molecule has 6 aliphatic rings. The zero-order chi connectivity index (χ0) is 92.9. The van der Waals surface area contributed by atoms with Crippen LogP contribution >= 0.6 is 0 Å². The standard InChI is InChI=1S/C110H120N10O16.2Zn/c1-121-49-53-125-57-61-129-65-69-133-83-15-7-11-79(73-83)107-99-33-25-91(113-99)87(92-26-34-100(114-92)108(80-12-8-16-84(74-80)134-70-66-130-62-58-126-54-50-122-2)104-38-30-96(118-104)89(95-29-37-103(107)117-95)23-21-77-41-45-111-46-42-77)19-5-6-20-88-93-27-35-101(115-93)109(81-13-9-17-85(75-81)135-71-67-131-63-59-127-55-51-123-3)105-39-31-97(119-105)90(24-22-78-43-47-112-48-44-78)98-32-40-106(120-98)110(102-36-28-94(88)116-102)82-14-10-18-86(76-82)136-72-68-132-64-60-128-56-52-124-4;;/h7-18,25-48,73-76,87-91,93,96,98-99,101,104,106-110,113,115,118,120H,49-72H2,1-4H3;;/q-4;2*+2. The Bertz CT molecular complexity index is 5430. The van der Waals surface area contributed by atoms with Crippen LogP contribution < -0.4 is 60.2 Å². The number of rotatable bonds is 44. The van der Waals surface area contributed by atoms with Gasteiger partial charge in [-0.3, -0.25) is 9.97 Å². The minimum absolute atomic E-state index is 0. The van der Waals surface area contributed by atoms with Crippen molar-refractivity contribution in [3.8, 4) is 70.4 Å². The predicted octanol–water partition coefficient (Wildman–Crippen LogP) is 11.2. The number of pyridine rings is 2. The second kappa shape index (κ2) is 55.3. The summed E-state index contributed by atoms with van der Waals surface area (Å²) in [6, 6.07) is 55.5. The summed E-state index contributed by atoms with van der Waals surface area (Å²) < 4.78 is 92.8. The molecule has 16 bridgehead atoms. The maximum absolute atomic E-state index is 6.47. The molecule has 6 aromatic heterocycles. The molecule has 28 heteroatoms. The third-order valence-corrected chi connectivity index (χ3v) is 24.5. The zero-order valence-electron chi connectivity index (χ0n) is 78.9. The first-order valence-electron chi connectivity index (χ1n) is 47.0. The molecular formula is C110H120N10O16Zn2. The van der Waals surface area contributed by atoms with Crippen molar-refractivity contribution in [3.05, 3.63) is 322 Å². The molecule has 16 unspecified atom stereocenters. The number of nitrogens with one attached hydrogen (secondary N) is 4. The van der Waals surface area contributed by atoms with Crippen LogP contribution in [-0.2, 0) is 95.8 Å². The molecule has 0 fully saturated rings. The molecule has 16 atom stereocenters. The van der Waals surface area contributed by atoms with E-state index in [1.165, 1.54) is 0 Å². The van der Waals surface area contributed by atoms with Crippen molar-refractivity contribution in [1.29, 1.82) is 0 Å². The molecular weight excluding hydrogens is 1850 g/mol. The molecule has 26 nitrogen and oxygen atoms in total. The number of hydrogen-bond acceptors (Lipinski definition) is 22. The SMILES string of the molecule is COCCOCCOCCOc1cccc(C2c3ccc([n-]3)C(C#Cc3ccncc3)C3C=CC(N3)C(c3cccc(OCCOCCOCCOC)c3)c3ccc([n-]3)C(C#CC#CC3c4ccc([n-]4)C(c4cccc(OCCOCCOCCOC)c4)C4C=CC(N4)C(C#Cc4ccncc4)c4ccc([n-]4)C(c4cccc(OCCOCCOCCOC)c4)C4C=CC3N4)C3C=CC2N3)c1.[Zn+2].[Zn+2]. The Morgan fingerprint density at radius 3 is 0.710 bits per heavy atom. The third-order valence-electron chi connectivity index (χ3n) is 24.5. The topological polar surface area (TPSA) is 278 Å². The number of ether oxygens (including phenoxy) is 16. The molecule has 4 aromatic carbocycles. The van der Waals surface area contributed by atoms with Gasteiger partial charge in [0.05, 0.1) is 132 Å². The molecule has 0 radical (unpaired) electrons. The van der Waals surface area contributed by atoms with Crippen molar-refractivity contribution in [2.45, 2.75) is 95.7 Å². The van der Waals surface area contributed by atoms with E-state index in [2.05, 4.69) is 224 Å². The molecule has 16 rings (SSSR count). The van der Waals surface area contributed by atoms with E-state index in [0.717, 1.165) is 78.9 Å². The first-order chi connectivity index (χ1) is 67.3. The number of hydrogen-bond donors (Lipinski definition) is 4. The van der Waals surface area contributed by atoms with Crippen LogP contribution in [0.1, 0.15) is 126 Å². The summed E-state index contributed by atoms with van der Waals surface area (Å²) in [5, 5.41) is 16.4. The molecule has 12 heterocycles. The van der Waals surface area contributed by atoms with Crippen LogP contribution in [0.5, 0.6) is 23.0 Å². The fraction of sp³-hybridized carbons (Fsp3) is 0.400. The van der Waals surface area contributed by atoms with Crippen molar-refractivity contribution in [1.82, 2.24) is 51.2 Å². The van der Waals surface area contributed by atoms with Gasteiger partial charge >= 0.3 is 39.0 Å². The molecule has 4 N–H and O–H groups in total. The molecule has 138 heavy (non-hydrogen) atoms. The fourth-order valence-electron chi connectivity index (χ4n) is 17.9.